The van der Waals surface area contributed by atoms with Crippen molar-refractivity contribution in [3.63, 3.8) is 0 Å². The van der Waals surface area contributed by atoms with Crippen molar-refractivity contribution >= 4 is 46.5 Å². The predicted molar refractivity (Wildman–Crippen MR) is 127 cm³/mol. The molecule has 2 saturated heterocycles. The summed E-state index contributed by atoms with van der Waals surface area (Å²) in [6, 6.07) is 9.21. The van der Waals surface area contributed by atoms with Crippen molar-refractivity contribution in [3.8, 4) is 11.5 Å². The van der Waals surface area contributed by atoms with Gasteiger partial charge in [-0.15, -0.1) is 0 Å². The maximum Gasteiger partial charge on any atom is 0.294 e. The zero-order valence-corrected chi connectivity index (χ0v) is 20.0. The van der Waals surface area contributed by atoms with E-state index in [0.717, 1.165) is 29.5 Å². The summed E-state index contributed by atoms with van der Waals surface area (Å²) in [6.07, 6.45) is 3.38. The van der Waals surface area contributed by atoms with Gasteiger partial charge in [0.1, 0.15) is 19.0 Å². The summed E-state index contributed by atoms with van der Waals surface area (Å²) in [7, 11) is 1.45. The molecule has 34 heavy (non-hydrogen) atoms. The first-order valence-corrected chi connectivity index (χ1v) is 11.8. The van der Waals surface area contributed by atoms with E-state index in [1.165, 1.54) is 25.3 Å². The van der Waals surface area contributed by atoms with Gasteiger partial charge in [-0.2, -0.15) is 0 Å². The Balaban J connectivity index is 1.49. The minimum Gasteiger partial charge on any atom is -0.493 e. The fourth-order valence-electron chi connectivity index (χ4n) is 3.73. The number of amides is 3. The summed E-state index contributed by atoms with van der Waals surface area (Å²) in [5.74, 6) is -0.534. The van der Waals surface area contributed by atoms with E-state index in [0.29, 0.717) is 30.0 Å². The van der Waals surface area contributed by atoms with Crippen LogP contribution in [-0.4, -0.2) is 53.6 Å². The standard InChI is InChI=1S/C24H22ClFN2O5S/c1-32-19-11-16(10-18(25)22(19)33-14-15-5-4-6-17(26)9-15)12-20-23(30)28(24(31)34-20)13-21(29)27-7-2-3-8-27/h4-6,9-12H,2-3,7-8,13-14H2,1H3/b20-12+. The zero-order chi connectivity index (χ0) is 24.2. The summed E-state index contributed by atoms with van der Waals surface area (Å²) in [5.41, 5.74) is 1.15. The van der Waals surface area contributed by atoms with Crippen LogP contribution in [0.15, 0.2) is 41.3 Å². The maximum absolute atomic E-state index is 13.4. The van der Waals surface area contributed by atoms with Crippen LogP contribution in [0.3, 0.4) is 0 Å². The Morgan fingerprint density at radius 2 is 1.97 bits per heavy atom. The van der Waals surface area contributed by atoms with Crippen LogP contribution in [0.4, 0.5) is 9.18 Å². The number of nitrogens with zero attached hydrogens (tertiary/aromatic N) is 2. The van der Waals surface area contributed by atoms with Crippen molar-refractivity contribution in [2.24, 2.45) is 0 Å². The minimum atomic E-state index is -0.524. The summed E-state index contributed by atoms with van der Waals surface area (Å²) in [6.45, 7) is 1.11. The Kier molecular flexibility index (Phi) is 7.43. The second-order valence-electron chi connectivity index (χ2n) is 7.81. The van der Waals surface area contributed by atoms with Crippen LogP contribution in [-0.2, 0) is 16.2 Å². The van der Waals surface area contributed by atoms with Crippen molar-refractivity contribution in [1.29, 1.82) is 0 Å². The third kappa shape index (κ3) is 5.37. The lowest BCUT2D eigenvalue weighted by molar-refractivity contribution is -0.135. The number of hydrogen-bond acceptors (Lipinski definition) is 6. The fraction of sp³-hybridized carbons (Fsp3) is 0.292. The number of halogens is 2. The molecule has 10 heteroatoms. The summed E-state index contributed by atoms with van der Waals surface area (Å²) in [4.78, 5) is 40.4. The zero-order valence-electron chi connectivity index (χ0n) is 18.4. The molecule has 7 nitrogen and oxygen atoms in total. The largest absolute Gasteiger partial charge is 0.493 e. The molecule has 2 heterocycles. The number of benzene rings is 2. The van der Waals surface area contributed by atoms with Crippen molar-refractivity contribution in [1.82, 2.24) is 9.80 Å². The van der Waals surface area contributed by atoms with Crippen LogP contribution < -0.4 is 9.47 Å². The fourth-order valence-corrected chi connectivity index (χ4v) is 4.85. The molecule has 2 aliphatic heterocycles. The van der Waals surface area contributed by atoms with Gasteiger partial charge < -0.3 is 14.4 Å². The third-order valence-corrected chi connectivity index (χ3v) is 6.64. The van der Waals surface area contributed by atoms with Gasteiger partial charge >= 0.3 is 0 Å². The molecule has 0 radical (unpaired) electrons. The Morgan fingerprint density at radius 1 is 1.21 bits per heavy atom. The molecule has 0 aromatic heterocycles. The quantitative estimate of drug-likeness (QED) is 0.508. The van der Waals surface area contributed by atoms with Gasteiger partial charge in [-0.05, 0) is 66.1 Å². The summed E-state index contributed by atoms with van der Waals surface area (Å²) in [5, 5.41) is -0.262. The van der Waals surface area contributed by atoms with Crippen LogP contribution >= 0.6 is 23.4 Å². The Morgan fingerprint density at radius 3 is 2.68 bits per heavy atom. The van der Waals surface area contributed by atoms with Crippen molar-refractivity contribution < 1.29 is 28.2 Å². The van der Waals surface area contributed by atoms with E-state index in [2.05, 4.69) is 0 Å². The van der Waals surface area contributed by atoms with Gasteiger partial charge in [0.25, 0.3) is 11.1 Å². The van der Waals surface area contributed by atoms with E-state index in [9.17, 15) is 18.8 Å². The van der Waals surface area contributed by atoms with Crippen LogP contribution in [0.1, 0.15) is 24.0 Å². The molecule has 0 spiro atoms. The number of thioether (sulfide) groups is 1. The van der Waals surface area contributed by atoms with Gasteiger partial charge in [-0.3, -0.25) is 19.3 Å². The second-order valence-corrected chi connectivity index (χ2v) is 9.21. The monoisotopic (exact) mass is 504 g/mol. The van der Waals surface area contributed by atoms with Gasteiger partial charge in [-0.1, -0.05) is 23.7 Å². The molecule has 178 valence electrons. The van der Waals surface area contributed by atoms with Crippen molar-refractivity contribution in [3.05, 3.63) is 63.3 Å². The van der Waals surface area contributed by atoms with Gasteiger partial charge in [0.15, 0.2) is 11.5 Å². The molecule has 4 rings (SSSR count). The Labute approximate surface area is 205 Å². The highest BCUT2D eigenvalue weighted by molar-refractivity contribution is 8.18. The molecule has 0 saturated carbocycles. The summed E-state index contributed by atoms with van der Waals surface area (Å²) < 4.78 is 24.6. The molecule has 2 aromatic carbocycles. The lowest BCUT2D eigenvalue weighted by Crippen LogP contribution is -2.40. The molecule has 2 fully saturated rings. The molecular weight excluding hydrogens is 483 g/mol. The molecule has 0 atom stereocenters. The number of likely N-dealkylation sites (tertiary alicyclic amines) is 1. The molecule has 2 aromatic rings. The SMILES string of the molecule is COc1cc(/C=C2/SC(=O)N(CC(=O)N3CCCC3)C2=O)cc(Cl)c1OCc1cccc(F)c1. The van der Waals surface area contributed by atoms with E-state index in [1.807, 2.05) is 0 Å². The predicted octanol–water partition coefficient (Wildman–Crippen LogP) is 4.73. The van der Waals surface area contributed by atoms with Crippen LogP contribution in [0, 0.1) is 5.82 Å². The number of hydrogen-bond donors (Lipinski definition) is 0. The van der Waals surface area contributed by atoms with Gasteiger partial charge in [0.2, 0.25) is 5.91 Å². The normalized spacial score (nSPS) is 17.1. The molecule has 2 aliphatic rings. The van der Waals surface area contributed by atoms with Crippen molar-refractivity contribution in [2.45, 2.75) is 19.4 Å². The number of carbonyl (C=O) groups is 3. The van der Waals surface area contributed by atoms with Crippen LogP contribution in [0.2, 0.25) is 5.02 Å². The highest BCUT2D eigenvalue weighted by atomic mass is 35.5. The molecule has 0 aliphatic carbocycles. The number of ether oxygens (including phenoxy) is 2. The number of imide groups is 1. The van der Waals surface area contributed by atoms with E-state index in [1.54, 1.807) is 29.2 Å². The topological polar surface area (TPSA) is 76.2 Å². The first-order valence-electron chi connectivity index (χ1n) is 10.6. The van der Waals surface area contributed by atoms with Gasteiger partial charge in [-0.25, -0.2) is 4.39 Å². The molecule has 3 amide bonds. The maximum atomic E-state index is 13.4. The first-order chi connectivity index (χ1) is 16.4. The van der Waals surface area contributed by atoms with E-state index in [-0.39, 0.29) is 40.6 Å². The average Bonchev–Trinajstić information content (AvgIpc) is 3.43. The highest BCUT2D eigenvalue weighted by Crippen LogP contribution is 2.39. The summed E-state index contributed by atoms with van der Waals surface area (Å²) >= 11 is 7.17. The second kappa shape index (κ2) is 10.5. The van der Waals surface area contributed by atoms with E-state index in [4.69, 9.17) is 21.1 Å². The molecular formula is C24H22ClFN2O5S. The molecule has 0 N–H and O–H groups in total. The molecule has 0 bridgehead atoms. The smallest absolute Gasteiger partial charge is 0.294 e. The minimum absolute atomic E-state index is 0.0805. The van der Waals surface area contributed by atoms with Crippen LogP contribution in [0.25, 0.3) is 6.08 Å². The lowest BCUT2D eigenvalue weighted by Gasteiger charge is -2.18. The highest BCUT2D eigenvalue weighted by Gasteiger charge is 2.37. The number of methoxy groups -OCH3 is 1. The average molecular weight is 505 g/mol. The van der Waals surface area contributed by atoms with E-state index < -0.39 is 11.1 Å². The Bertz CT molecular complexity index is 1170. The first kappa shape index (κ1) is 24.1. The van der Waals surface area contributed by atoms with E-state index >= 15 is 0 Å². The lowest BCUT2D eigenvalue weighted by atomic mass is 10.1. The van der Waals surface area contributed by atoms with Gasteiger partial charge in [0.05, 0.1) is 17.0 Å². The number of rotatable bonds is 7. The Hall–Kier alpha value is -3.04. The van der Waals surface area contributed by atoms with Crippen LogP contribution in [0.5, 0.6) is 11.5 Å². The van der Waals surface area contributed by atoms with Crippen molar-refractivity contribution in [2.75, 3.05) is 26.7 Å². The third-order valence-electron chi connectivity index (χ3n) is 5.45. The van der Waals surface area contributed by atoms with Gasteiger partial charge in [0, 0.05) is 13.1 Å². The number of carbonyl (C=O) groups excluding carboxylic acids is 3. The molecule has 0 unspecified atom stereocenters.